The van der Waals surface area contributed by atoms with Gasteiger partial charge in [0.05, 0.1) is 13.2 Å². The third-order valence-electron chi connectivity index (χ3n) is 3.56. The highest BCUT2D eigenvalue weighted by Gasteiger charge is 2.17. The van der Waals surface area contributed by atoms with E-state index in [1.807, 2.05) is 24.3 Å². The van der Waals surface area contributed by atoms with Gasteiger partial charge in [0.2, 0.25) is 0 Å². The summed E-state index contributed by atoms with van der Waals surface area (Å²) in [6.45, 7) is 5.80. The van der Waals surface area contributed by atoms with E-state index in [9.17, 15) is 5.11 Å². The molecule has 0 fully saturated rings. The maximum atomic E-state index is 10.5. The van der Waals surface area contributed by atoms with Crippen molar-refractivity contribution in [2.24, 2.45) is 0 Å². The Morgan fingerprint density at radius 2 is 2.05 bits per heavy atom. The van der Waals surface area contributed by atoms with Crippen LogP contribution < -0.4 is 4.74 Å². The third-order valence-corrected chi connectivity index (χ3v) is 4.42. The van der Waals surface area contributed by atoms with Gasteiger partial charge in [-0.3, -0.25) is 4.90 Å². The molecule has 1 aromatic heterocycles. The highest BCUT2D eigenvalue weighted by atomic mass is 32.1. The van der Waals surface area contributed by atoms with Gasteiger partial charge in [0.1, 0.15) is 5.75 Å². The predicted molar refractivity (Wildman–Crippen MR) is 87.8 cm³/mol. The van der Waals surface area contributed by atoms with Gasteiger partial charge in [0.15, 0.2) is 0 Å². The number of aliphatic hydroxyl groups excluding tert-OH is 1. The fourth-order valence-electron chi connectivity index (χ4n) is 2.24. The lowest BCUT2D eigenvalue weighted by Gasteiger charge is -2.28. The van der Waals surface area contributed by atoms with Crippen molar-refractivity contribution in [3.63, 3.8) is 0 Å². The van der Waals surface area contributed by atoms with Crippen LogP contribution >= 0.6 is 11.3 Å². The standard InChI is InChI=1S/C17H23NO2S/c1-13(2)18(11-16-8-5-9-21-16)12-17(19)14-6-4-7-15(10-14)20-3/h4-10,13,17,19H,11-12H2,1-3H3. The molecule has 1 atom stereocenters. The van der Waals surface area contributed by atoms with Crippen LogP contribution in [0.5, 0.6) is 5.75 Å². The minimum atomic E-state index is -0.512. The van der Waals surface area contributed by atoms with Crippen molar-refractivity contribution >= 4 is 11.3 Å². The van der Waals surface area contributed by atoms with Crippen LogP contribution in [0.15, 0.2) is 41.8 Å². The third kappa shape index (κ3) is 4.56. The molecule has 1 aromatic carbocycles. The van der Waals surface area contributed by atoms with Crippen molar-refractivity contribution in [2.45, 2.75) is 32.5 Å². The summed E-state index contributed by atoms with van der Waals surface area (Å²) in [7, 11) is 1.64. The van der Waals surface area contributed by atoms with Crippen LogP contribution in [0, 0.1) is 0 Å². The van der Waals surface area contributed by atoms with E-state index in [0.29, 0.717) is 12.6 Å². The maximum Gasteiger partial charge on any atom is 0.119 e. The Bertz CT molecular complexity index is 539. The number of nitrogens with zero attached hydrogens (tertiary/aromatic N) is 1. The number of ether oxygens (including phenoxy) is 1. The summed E-state index contributed by atoms with van der Waals surface area (Å²) >= 11 is 1.75. The topological polar surface area (TPSA) is 32.7 Å². The molecule has 0 aliphatic carbocycles. The molecular formula is C17H23NO2S. The average molecular weight is 305 g/mol. The molecular weight excluding hydrogens is 282 g/mol. The van der Waals surface area contributed by atoms with Gasteiger partial charge in [-0.25, -0.2) is 0 Å². The molecule has 2 aromatic rings. The molecule has 1 N–H and O–H groups in total. The molecule has 4 heteroatoms. The van der Waals surface area contributed by atoms with Crippen LogP contribution in [0.25, 0.3) is 0 Å². The summed E-state index contributed by atoms with van der Waals surface area (Å²) < 4.78 is 5.22. The van der Waals surface area contributed by atoms with Gasteiger partial charge in [-0.05, 0) is 43.0 Å². The number of rotatable bonds is 7. The molecule has 3 nitrogen and oxygen atoms in total. The van der Waals surface area contributed by atoms with Crippen molar-refractivity contribution in [3.8, 4) is 5.75 Å². The van der Waals surface area contributed by atoms with E-state index < -0.39 is 6.10 Å². The minimum absolute atomic E-state index is 0.382. The van der Waals surface area contributed by atoms with Crippen LogP contribution in [0.2, 0.25) is 0 Å². The first-order valence-electron chi connectivity index (χ1n) is 7.18. The molecule has 114 valence electrons. The highest BCUT2D eigenvalue weighted by Crippen LogP contribution is 2.22. The second-order valence-corrected chi connectivity index (χ2v) is 6.43. The van der Waals surface area contributed by atoms with Crippen LogP contribution in [0.3, 0.4) is 0 Å². The Balaban J connectivity index is 2.05. The molecule has 2 rings (SSSR count). The number of benzene rings is 1. The molecule has 0 bridgehead atoms. The molecule has 0 aliphatic rings. The fraction of sp³-hybridized carbons (Fsp3) is 0.412. The summed E-state index contributed by atoms with van der Waals surface area (Å²) in [6, 6.07) is 12.2. The van der Waals surface area contributed by atoms with E-state index in [1.54, 1.807) is 18.4 Å². The molecule has 0 radical (unpaired) electrons. The molecule has 0 saturated heterocycles. The molecule has 0 aliphatic heterocycles. The first-order valence-corrected chi connectivity index (χ1v) is 8.06. The lowest BCUT2D eigenvalue weighted by Crippen LogP contribution is -2.34. The highest BCUT2D eigenvalue weighted by molar-refractivity contribution is 7.09. The summed E-state index contributed by atoms with van der Waals surface area (Å²) in [5.74, 6) is 0.779. The summed E-state index contributed by atoms with van der Waals surface area (Å²) in [5, 5.41) is 12.6. The Morgan fingerprint density at radius 1 is 1.24 bits per heavy atom. The average Bonchev–Trinajstić information content (AvgIpc) is 2.99. The Morgan fingerprint density at radius 3 is 2.67 bits per heavy atom. The van der Waals surface area contributed by atoms with Crippen molar-refractivity contribution in [1.82, 2.24) is 4.90 Å². The van der Waals surface area contributed by atoms with E-state index in [0.717, 1.165) is 17.9 Å². The summed E-state index contributed by atoms with van der Waals surface area (Å²) in [6.07, 6.45) is -0.512. The van der Waals surface area contributed by atoms with E-state index in [1.165, 1.54) is 4.88 Å². The minimum Gasteiger partial charge on any atom is -0.497 e. The number of hydrogen-bond donors (Lipinski definition) is 1. The smallest absolute Gasteiger partial charge is 0.119 e. The lowest BCUT2D eigenvalue weighted by molar-refractivity contribution is 0.0913. The first kappa shape index (κ1) is 16.0. The number of methoxy groups -OCH3 is 1. The second kappa shape index (κ2) is 7.59. The van der Waals surface area contributed by atoms with E-state index in [4.69, 9.17) is 4.74 Å². The largest absolute Gasteiger partial charge is 0.497 e. The van der Waals surface area contributed by atoms with E-state index in [-0.39, 0.29) is 0 Å². The Hall–Kier alpha value is -1.36. The van der Waals surface area contributed by atoms with Crippen molar-refractivity contribution in [1.29, 1.82) is 0 Å². The monoisotopic (exact) mass is 305 g/mol. The van der Waals surface area contributed by atoms with Gasteiger partial charge >= 0.3 is 0 Å². The molecule has 0 saturated carbocycles. The zero-order valence-corrected chi connectivity index (χ0v) is 13.6. The molecule has 0 amide bonds. The fourth-order valence-corrected chi connectivity index (χ4v) is 2.97. The quantitative estimate of drug-likeness (QED) is 0.846. The Kier molecular flexibility index (Phi) is 5.79. The van der Waals surface area contributed by atoms with E-state index in [2.05, 4.69) is 36.3 Å². The SMILES string of the molecule is COc1cccc(C(O)CN(Cc2cccs2)C(C)C)c1. The van der Waals surface area contributed by atoms with Crippen molar-refractivity contribution in [3.05, 3.63) is 52.2 Å². The predicted octanol–water partition coefficient (Wildman–Crippen LogP) is 3.70. The number of hydrogen-bond acceptors (Lipinski definition) is 4. The molecule has 1 unspecified atom stereocenters. The van der Waals surface area contributed by atoms with Gasteiger partial charge in [0, 0.05) is 24.0 Å². The summed E-state index contributed by atoms with van der Waals surface area (Å²) in [5.41, 5.74) is 0.895. The van der Waals surface area contributed by atoms with E-state index >= 15 is 0 Å². The molecule has 21 heavy (non-hydrogen) atoms. The van der Waals surface area contributed by atoms with Crippen LogP contribution in [0.4, 0.5) is 0 Å². The van der Waals surface area contributed by atoms with Crippen LogP contribution in [0.1, 0.15) is 30.4 Å². The van der Waals surface area contributed by atoms with Crippen molar-refractivity contribution < 1.29 is 9.84 Å². The molecule has 1 heterocycles. The zero-order valence-electron chi connectivity index (χ0n) is 12.8. The van der Waals surface area contributed by atoms with Crippen molar-refractivity contribution in [2.75, 3.05) is 13.7 Å². The number of thiophene rings is 1. The van der Waals surface area contributed by atoms with Crippen LogP contribution in [-0.2, 0) is 6.54 Å². The maximum absolute atomic E-state index is 10.5. The summed E-state index contributed by atoms with van der Waals surface area (Å²) in [4.78, 5) is 3.61. The van der Waals surface area contributed by atoms with Gasteiger partial charge in [-0.2, -0.15) is 0 Å². The van der Waals surface area contributed by atoms with Gasteiger partial charge < -0.3 is 9.84 Å². The normalized spacial score (nSPS) is 12.9. The van der Waals surface area contributed by atoms with Gasteiger partial charge in [0.25, 0.3) is 0 Å². The number of aliphatic hydroxyl groups is 1. The van der Waals surface area contributed by atoms with Crippen LogP contribution in [-0.4, -0.2) is 29.7 Å². The second-order valence-electron chi connectivity index (χ2n) is 5.39. The van der Waals surface area contributed by atoms with Gasteiger partial charge in [-0.1, -0.05) is 18.2 Å². The van der Waals surface area contributed by atoms with Gasteiger partial charge in [-0.15, -0.1) is 11.3 Å². The zero-order chi connectivity index (χ0) is 15.2. The Labute approximate surface area is 130 Å². The first-order chi connectivity index (χ1) is 10.1. The lowest BCUT2D eigenvalue weighted by atomic mass is 10.1. The molecule has 0 spiro atoms.